The van der Waals surface area contributed by atoms with Gasteiger partial charge in [-0.3, -0.25) is 0 Å². The van der Waals surface area contributed by atoms with Crippen LogP contribution in [0.4, 0.5) is 5.69 Å². The highest BCUT2D eigenvalue weighted by Crippen LogP contribution is 2.32. The van der Waals surface area contributed by atoms with Crippen molar-refractivity contribution in [2.75, 3.05) is 18.1 Å². The molecule has 0 saturated carbocycles. The van der Waals surface area contributed by atoms with E-state index in [1.165, 1.54) is 6.07 Å². The minimum absolute atomic E-state index is 0.0131. The summed E-state index contributed by atoms with van der Waals surface area (Å²) < 4.78 is 34.5. The molecule has 0 atom stereocenters. The first-order chi connectivity index (χ1) is 14.9. The fourth-order valence-corrected chi connectivity index (χ4v) is 4.75. The third-order valence-electron chi connectivity index (χ3n) is 4.85. The number of anilines is 1. The summed E-state index contributed by atoms with van der Waals surface area (Å²) in [6, 6.07) is 20.7. The summed E-state index contributed by atoms with van der Waals surface area (Å²) in [7, 11) is -3.81. The van der Waals surface area contributed by atoms with E-state index in [9.17, 15) is 13.2 Å². The minimum atomic E-state index is -3.81. The van der Waals surface area contributed by atoms with Crippen LogP contribution in [0.5, 0.6) is 0 Å². The summed E-state index contributed by atoms with van der Waals surface area (Å²) in [4.78, 5) is 14.2. The van der Waals surface area contributed by atoms with Crippen molar-refractivity contribution in [3.63, 3.8) is 0 Å². The molecule has 1 aliphatic heterocycles. The van der Waals surface area contributed by atoms with Gasteiger partial charge in [-0.2, -0.15) is 8.42 Å². The van der Waals surface area contributed by atoms with E-state index in [1.807, 2.05) is 19.1 Å². The number of hydrogen-bond acceptors (Lipinski definition) is 5. The molecule has 1 aliphatic rings. The van der Waals surface area contributed by atoms with Crippen molar-refractivity contribution in [3.05, 3.63) is 94.5 Å². The highest BCUT2D eigenvalue weighted by Gasteiger charge is 2.32. The average molecular weight is 455 g/mol. The number of carbonyl (C=O) groups is 1. The smallest absolute Gasteiger partial charge is 0.338 e. The lowest BCUT2D eigenvalue weighted by Crippen LogP contribution is -2.34. The number of sulfonamides is 1. The number of nitrogens with zero attached hydrogens (tertiary/aromatic N) is 2. The van der Waals surface area contributed by atoms with Crippen molar-refractivity contribution < 1.29 is 17.9 Å². The molecule has 0 amide bonds. The number of amidine groups is 1. The Kier molecular flexibility index (Phi) is 5.80. The molecule has 0 fully saturated rings. The zero-order chi connectivity index (χ0) is 22.0. The maximum absolute atomic E-state index is 12.5. The SMILES string of the molecule is Cc1ccc(C(=O)OCCN(C2=NS(=O)(=O)c3ccccc32)c2ccccc2Cl)cc1. The molecule has 0 saturated heterocycles. The van der Waals surface area contributed by atoms with Crippen molar-refractivity contribution in [2.45, 2.75) is 11.8 Å². The number of hydrogen-bond donors (Lipinski definition) is 0. The second-order valence-corrected chi connectivity index (χ2v) is 8.97. The van der Waals surface area contributed by atoms with E-state index < -0.39 is 16.0 Å². The monoisotopic (exact) mass is 454 g/mol. The highest BCUT2D eigenvalue weighted by molar-refractivity contribution is 7.90. The van der Waals surface area contributed by atoms with Gasteiger partial charge in [-0.1, -0.05) is 53.6 Å². The van der Waals surface area contributed by atoms with Gasteiger partial charge < -0.3 is 9.64 Å². The summed E-state index contributed by atoms with van der Waals surface area (Å²) in [5.74, 6) is -0.212. The summed E-state index contributed by atoms with van der Waals surface area (Å²) in [6.07, 6.45) is 0. The number of ether oxygens (including phenoxy) is 1. The molecule has 0 unspecified atom stereocenters. The number of rotatable bonds is 5. The van der Waals surface area contributed by atoms with Crippen molar-refractivity contribution in [3.8, 4) is 0 Å². The Labute approximate surface area is 185 Å². The van der Waals surface area contributed by atoms with Gasteiger partial charge in [0, 0.05) is 5.56 Å². The van der Waals surface area contributed by atoms with Crippen molar-refractivity contribution in [2.24, 2.45) is 4.40 Å². The number of esters is 1. The molecule has 8 heteroatoms. The van der Waals surface area contributed by atoms with Gasteiger partial charge in [0.1, 0.15) is 11.5 Å². The van der Waals surface area contributed by atoms with Gasteiger partial charge in [-0.25, -0.2) is 4.79 Å². The number of carbonyl (C=O) groups excluding carboxylic acids is 1. The number of halogens is 1. The number of benzene rings is 3. The molecular weight excluding hydrogens is 436 g/mol. The van der Waals surface area contributed by atoms with Crippen molar-refractivity contribution >= 4 is 39.1 Å². The van der Waals surface area contributed by atoms with Gasteiger partial charge in [0.2, 0.25) is 0 Å². The molecule has 6 nitrogen and oxygen atoms in total. The van der Waals surface area contributed by atoms with Gasteiger partial charge in [0.25, 0.3) is 10.0 Å². The van der Waals surface area contributed by atoms with Crippen LogP contribution in [0.25, 0.3) is 0 Å². The van der Waals surface area contributed by atoms with E-state index >= 15 is 0 Å². The van der Waals surface area contributed by atoms with Gasteiger partial charge >= 0.3 is 5.97 Å². The van der Waals surface area contributed by atoms with Crippen LogP contribution < -0.4 is 4.90 Å². The molecule has 0 spiro atoms. The van der Waals surface area contributed by atoms with Crippen LogP contribution in [0.3, 0.4) is 0 Å². The lowest BCUT2D eigenvalue weighted by atomic mass is 10.1. The molecular formula is C23H19ClN2O4S. The fourth-order valence-electron chi connectivity index (χ4n) is 3.30. The van der Waals surface area contributed by atoms with E-state index in [0.717, 1.165) is 5.56 Å². The van der Waals surface area contributed by atoms with Crippen LogP contribution in [0.1, 0.15) is 21.5 Å². The molecule has 0 radical (unpaired) electrons. The Hall–Kier alpha value is -3.16. The third kappa shape index (κ3) is 4.33. The predicted molar refractivity (Wildman–Crippen MR) is 120 cm³/mol. The standard InChI is InChI=1S/C23H19ClN2O4S/c1-16-10-12-17(13-11-16)23(27)30-15-14-26(20-8-4-3-7-19(20)24)22-18-6-2-5-9-21(18)31(28,29)25-22/h2-13H,14-15H2,1H3. The summed E-state index contributed by atoms with van der Waals surface area (Å²) >= 11 is 6.39. The molecule has 0 aliphatic carbocycles. The van der Waals surface area contributed by atoms with Gasteiger partial charge in [0.15, 0.2) is 5.84 Å². The third-order valence-corrected chi connectivity index (χ3v) is 6.49. The van der Waals surface area contributed by atoms with E-state index in [0.29, 0.717) is 21.8 Å². The maximum Gasteiger partial charge on any atom is 0.338 e. The van der Waals surface area contributed by atoms with Crippen LogP contribution in [0.2, 0.25) is 5.02 Å². The minimum Gasteiger partial charge on any atom is -0.460 e. The molecule has 1 heterocycles. The van der Waals surface area contributed by atoms with Crippen LogP contribution in [0, 0.1) is 6.92 Å². The maximum atomic E-state index is 12.5. The number of fused-ring (bicyclic) bond motifs is 1. The normalized spacial score (nSPS) is 13.9. The Bertz CT molecular complexity index is 1270. The Morgan fingerprint density at radius 1 is 1.00 bits per heavy atom. The molecule has 0 bridgehead atoms. The first-order valence-corrected chi connectivity index (χ1v) is 11.4. The Morgan fingerprint density at radius 3 is 2.42 bits per heavy atom. The molecule has 0 aromatic heterocycles. The van der Waals surface area contributed by atoms with Crippen LogP contribution in [-0.4, -0.2) is 33.4 Å². The molecule has 3 aromatic carbocycles. The van der Waals surface area contributed by atoms with Crippen molar-refractivity contribution in [1.29, 1.82) is 0 Å². The summed E-state index contributed by atoms with van der Waals surface area (Å²) in [6.45, 7) is 2.12. The van der Waals surface area contributed by atoms with Crippen LogP contribution in [-0.2, 0) is 14.8 Å². The second kappa shape index (κ2) is 8.53. The average Bonchev–Trinajstić information content (AvgIpc) is 3.03. The number of para-hydroxylation sites is 1. The van der Waals surface area contributed by atoms with Crippen LogP contribution in [0.15, 0.2) is 82.1 Å². The Morgan fingerprint density at radius 2 is 1.68 bits per heavy atom. The lowest BCUT2D eigenvalue weighted by molar-refractivity contribution is 0.0517. The van der Waals surface area contributed by atoms with Crippen molar-refractivity contribution in [1.82, 2.24) is 0 Å². The predicted octanol–water partition coefficient (Wildman–Crippen LogP) is 4.46. The zero-order valence-electron chi connectivity index (χ0n) is 16.7. The van der Waals surface area contributed by atoms with E-state index in [4.69, 9.17) is 16.3 Å². The quantitative estimate of drug-likeness (QED) is 0.532. The molecule has 0 N–H and O–H groups in total. The van der Waals surface area contributed by atoms with Crippen LogP contribution >= 0.6 is 11.6 Å². The van der Waals surface area contributed by atoms with E-state index in [-0.39, 0.29) is 23.9 Å². The molecule has 3 aromatic rings. The summed E-state index contributed by atoms with van der Waals surface area (Å²) in [5.41, 5.74) is 2.54. The Balaban J connectivity index is 1.62. The summed E-state index contributed by atoms with van der Waals surface area (Å²) in [5, 5.41) is 0.428. The molecule has 4 rings (SSSR count). The largest absolute Gasteiger partial charge is 0.460 e. The topological polar surface area (TPSA) is 76.0 Å². The lowest BCUT2D eigenvalue weighted by Gasteiger charge is -2.25. The fraction of sp³-hybridized carbons (Fsp3) is 0.130. The van der Waals surface area contributed by atoms with Gasteiger partial charge in [-0.05, 0) is 43.3 Å². The van der Waals surface area contributed by atoms with E-state index in [2.05, 4.69) is 4.40 Å². The zero-order valence-corrected chi connectivity index (χ0v) is 18.2. The molecule has 158 valence electrons. The number of aryl methyl sites for hydroxylation is 1. The van der Waals surface area contributed by atoms with Gasteiger partial charge in [0.05, 0.1) is 22.8 Å². The first-order valence-electron chi connectivity index (χ1n) is 9.57. The molecule has 31 heavy (non-hydrogen) atoms. The second-order valence-electron chi connectivity index (χ2n) is 6.99. The first kappa shape index (κ1) is 21.1. The van der Waals surface area contributed by atoms with E-state index in [1.54, 1.807) is 59.5 Å². The van der Waals surface area contributed by atoms with Gasteiger partial charge in [-0.15, -0.1) is 4.40 Å². The highest BCUT2D eigenvalue weighted by atomic mass is 35.5.